The second-order valence-corrected chi connectivity index (χ2v) is 2.34. The molecule has 0 fully saturated rings. The molecule has 2 rings (SSSR count). The first-order chi connectivity index (χ1) is 5.77. The van der Waals surface area contributed by atoms with Crippen molar-refractivity contribution in [3.8, 4) is 5.75 Å². The zero-order chi connectivity index (χ0) is 8.55. The minimum Gasteiger partial charge on any atom is -0.508 e. The fraction of sp³-hybridized carbons (Fsp3) is 0. The van der Waals surface area contributed by atoms with Crippen LogP contribution in [0, 0.1) is 0 Å². The average Bonchev–Trinajstić information content (AvgIpc) is 2.04. The van der Waals surface area contributed by atoms with Gasteiger partial charge in [-0.2, -0.15) is 0 Å². The zero-order valence-electron chi connectivity index (χ0n) is 5.98. The van der Waals surface area contributed by atoms with Gasteiger partial charge in [-0.05, 0) is 12.1 Å². The molecule has 1 aromatic carbocycles. The van der Waals surface area contributed by atoms with Crippen molar-refractivity contribution in [3.05, 3.63) is 28.6 Å². The maximum Gasteiger partial charge on any atom is 0.275 e. The molecule has 0 atom stereocenters. The summed E-state index contributed by atoms with van der Waals surface area (Å²) in [5, 5.41) is 18.6. The monoisotopic (exact) mass is 163 g/mol. The molecule has 0 radical (unpaired) electrons. The Labute approximate surface area is 66.7 Å². The molecule has 0 saturated heterocycles. The number of phenols is 1. The number of aromatic amines is 1. The fourth-order valence-electron chi connectivity index (χ4n) is 0.979. The van der Waals surface area contributed by atoms with E-state index < -0.39 is 0 Å². The van der Waals surface area contributed by atoms with Crippen molar-refractivity contribution >= 4 is 10.9 Å². The molecule has 2 aromatic rings. The number of aromatic hydroxyl groups is 1. The van der Waals surface area contributed by atoms with E-state index in [4.69, 9.17) is 5.11 Å². The minimum atomic E-state index is -0.306. The van der Waals surface area contributed by atoms with Gasteiger partial charge in [0, 0.05) is 6.07 Å². The van der Waals surface area contributed by atoms with Gasteiger partial charge in [-0.25, -0.2) is 5.10 Å². The smallest absolute Gasteiger partial charge is 0.275 e. The summed E-state index contributed by atoms with van der Waals surface area (Å²) in [7, 11) is 0. The van der Waals surface area contributed by atoms with Crippen LogP contribution >= 0.6 is 0 Å². The maximum atomic E-state index is 11.1. The highest BCUT2D eigenvalue weighted by molar-refractivity contribution is 5.78. The Morgan fingerprint density at radius 3 is 3.08 bits per heavy atom. The van der Waals surface area contributed by atoms with Crippen LogP contribution < -0.4 is 5.56 Å². The van der Waals surface area contributed by atoms with Gasteiger partial charge < -0.3 is 5.11 Å². The number of hydrogen-bond donors (Lipinski definition) is 2. The summed E-state index contributed by atoms with van der Waals surface area (Å²) in [5.41, 5.74) is 0.0822. The van der Waals surface area contributed by atoms with Crippen LogP contribution in [0.15, 0.2) is 23.0 Å². The van der Waals surface area contributed by atoms with Crippen molar-refractivity contribution in [1.82, 2.24) is 15.4 Å². The van der Waals surface area contributed by atoms with Crippen molar-refractivity contribution in [3.63, 3.8) is 0 Å². The van der Waals surface area contributed by atoms with Crippen LogP contribution in [0.5, 0.6) is 5.75 Å². The number of H-pyrrole nitrogens is 1. The van der Waals surface area contributed by atoms with Gasteiger partial charge >= 0.3 is 0 Å². The van der Waals surface area contributed by atoms with Crippen molar-refractivity contribution in [2.24, 2.45) is 0 Å². The number of benzene rings is 1. The molecule has 1 heterocycles. The van der Waals surface area contributed by atoms with Crippen LogP contribution in [-0.2, 0) is 0 Å². The van der Waals surface area contributed by atoms with Gasteiger partial charge in [0.1, 0.15) is 11.3 Å². The number of fused-ring (bicyclic) bond motifs is 1. The Bertz CT molecular complexity index is 477. The molecule has 0 aliphatic heterocycles. The van der Waals surface area contributed by atoms with Crippen LogP contribution in [0.2, 0.25) is 0 Å². The number of nitrogens with one attached hydrogen (secondary N) is 1. The lowest BCUT2D eigenvalue weighted by atomic mass is 10.2. The molecule has 0 aliphatic carbocycles. The van der Waals surface area contributed by atoms with E-state index >= 15 is 0 Å². The first-order valence-electron chi connectivity index (χ1n) is 3.31. The molecule has 0 saturated carbocycles. The molecule has 0 amide bonds. The molecule has 12 heavy (non-hydrogen) atoms. The number of aromatic nitrogens is 3. The Hall–Kier alpha value is -1.91. The topological polar surface area (TPSA) is 78.9 Å². The standard InChI is InChI=1S/C7H5N3O2/c11-4-1-2-5-6(3-4)8-10-9-7(5)12/h1-3,11H,(H,8,9,12). The molecule has 0 spiro atoms. The predicted molar refractivity (Wildman–Crippen MR) is 41.8 cm³/mol. The molecule has 2 N–H and O–H groups in total. The van der Waals surface area contributed by atoms with E-state index in [9.17, 15) is 4.79 Å². The van der Waals surface area contributed by atoms with E-state index in [0.717, 1.165) is 0 Å². The lowest BCUT2D eigenvalue weighted by Gasteiger charge is -1.93. The normalized spacial score (nSPS) is 10.3. The highest BCUT2D eigenvalue weighted by Crippen LogP contribution is 2.13. The number of rotatable bonds is 0. The summed E-state index contributed by atoms with van der Waals surface area (Å²) in [6.45, 7) is 0. The molecule has 5 nitrogen and oxygen atoms in total. The second-order valence-electron chi connectivity index (χ2n) is 2.34. The summed E-state index contributed by atoms with van der Waals surface area (Å²) >= 11 is 0. The first-order valence-corrected chi connectivity index (χ1v) is 3.31. The summed E-state index contributed by atoms with van der Waals surface area (Å²) in [5.74, 6) is 0.0717. The lowest BCUT2D eigenvalue weighted by molar-refractivity contribution is 0.476. The molecule has 5 heteroatoms. The Morgan fingerprint density at radius 2 is 2.25 bits per heavy atom. The zero-order valence-corrected chi connectivity index (χ0v) is 5.98. The van der Waals surface area contributed by atoms with Crippen LogP contribution in [0.25, 0.3) is 10.9 Å². The van der Waals surface area contributed by atoms with E-state index in [1.54, 1.807) is 0 Å². The Balaban J connectivity index is 2.96. The number of nitrogens with zero attached hydrogens (tertiary/aromatic N) is 2. The van der Waals surface area contributed by atoms with E-state index in [-0.39, 0.29) is 11.3 Å². The van der Waals surface area contributed by atoms with Gasteiger partial charge in [0.15, 0.2) is 0 Å². The predicted octanol–water partition coefficient (Wildman–Crippen LogP) is 0.0237. The average molecular weight is 163 g/mol. The van der Waals surface area contributed by atoms with E-state index in [2.05, 4.69) is 15.4 Å². The van der Waals surface area contributed by atoms with Crippen molar-refractivity contribution in [1.29, 1.82) is 0 Å². The molecule has 0 bridgehead atoms. The summed E-state index contributed by atoms with van der Waals surface area (Å²) in [6.07, 6.45) is 0. The van der Waals surface area contributed by atoms with E-state index in [0.29, 0.717) is 10.9 Å². The third-order valence-corrected chi connectivity index (χ3v) is 1.54. The third kappa shape index (κ3) is 0.914. The van der Waals surface area contributed by atoms with Gasteiger partial charge in [0.05, 0.1) is 5.39 Å². The van der Waals surface area contributed by atoms with Crippen molar-refractivity contribution < 1.29 is 5.11 Å². The molecule has 0 unspecified atom stereocenters. The molecule has 1 aromatic heterocycles. The van der Waals surface area contributed by atoms with Gasteiger partial charge in [0.2, 0.25) is 0 Å². The second kappa shape index (κ2) is 2.30. The first kappa shape index (κ1) is 6.78. The van der Waals surface area contributed by atoms with Gasteiger partial charge in [-0.3, -0.25) is 4.79 Å². The number of hydrogen-bond acceptors (Lipinski definition) is 4. The van der Waals surface area contributed by atoms with Crippen molar-refractivity contribution in [2.75, 3.05) is 0 Å². The largest absolute Gasteiger partial charge is 0.508 e. The quantitative estimate of drug-likeness (QED) is 0.574. The van der Waals surface area contributed by atoms with Crippen LogP contribution in [-0.4, -0.2) is 20.5 Å². The number of phenolic OH excluding ortho intramolecular Hbond substituents is 1. The van der Waals surface area contributed by atoms with Gasteiger partial charge in [0.25, 0.3) is 5.56 Å². The van der Waals surface area contributed by atoms with Crippen LogP contribution in [0.1, 0.15) is 0 Å². The van der Waals surface area contributed by atoms with Crippen LogP contribution in [0.3, 0.4) is 0 Å². The van der Waals surface area contributed by atoms with Gasteiger partial charge in [-0.1, -0.05) is 5.21 Å². The SMILES string of the molecule is O=c1[nH]nnc2cc(O)ccc12. The molecule has 0 aliphatic rings. The van der Waals surface area contributed by atoms with E-state index in [1.165, 1.54) is 18.2 Å². The molecular formula is C7H5N3O2. The summed E-state index contributed by atoms with van der Waals surface area (Å²) in [4.78, 5) is 11.1. The van der Waals surface area contributed by atoms with Crippen molar-refractivity contribution in [2.45, 2.75) is 0 Å². The Morgan fingerprint density at radius 1 is 1.42 bits per heavy atom. The highest BCUT2D eigenvalue weighted by Gasteiger charge is 1.99. The molecule has 60 valence electrons. The third-order valence-electron chi connectivity index (χ3n) is 1.54. The van der Waals surface area contributed by atoms with E-state index in [1.807, 2.05) is 0 Å². The minimum absolute atomic E-state index is 0.0717. The molecular weight excluding hydrogens is 158 g/mol. The fourth-order valence-corrected chi connectivity index (χ4v) is 0.979. The van der Waals surface area contributed by atoms with Crippen LogP contribution in [0.4, 0.5) is 0 Å². The summed E-state index contributed by atoms with van der Waals surface area (Å²) in [6, 6.07) is 4.31. The lowest BCUT2D eigenvalue weighted by Crippen LogP contribution is -2.09. The Kier molecular flexibility index (Phi) is 1.30. The summed E-state index contributed by atoms with van der Waals surface area (Å²) < 4.78 is 0. The highest BCUT2D eigenvalue weighted by atomic mass is 16.3. The van der Waals surface area contributed by atoms with Gasteiger partial charge in [-0.15, -0.1) is 5.10 Å². The maximum absolute atomic E-state index is 11.1.